The predicted molar refractivity (Wildman–Crippen MR) is 133 cm³/mol. The molecule has 2 N–H and O–H groups in total. The number of amides is 1. The lowest BCUT2D eigenvalue weighted by atomic mass is 9.88. The van der Waals surface area contributed by atoms with Gasteiger partial charge in [-0.2, -0.15) is 0 Å². The maximum atomic E-state index is 12.8. The quantitative estimate of drug-likeness (QED) is 0.339. The van der Waals surface area contributed by atoms with Gasteiger partial charge in [-0.15, -0.1) is 34.2 Å². The molecule has 0 radical (unpaired) electrons. The van der Waals surface area contributed by atoms with Crippen molar-refractivity contribution in [1.82, 2.24) is 30.3 Å². The average Bonchev–Trinajstić information content (AvgIpc) is 3.32. The van der Waals surface area contributed by atoms with Crippen LogP contribution in [-0.2, 0) is 24.3 Å². The van der Waals surface area contributed by atoms with Crippen LogP contribution in [0, 0.1) is 5.92 Å². The Bertz CT molecular complexity index is 744. The van der Waals surface area contributed by atoms with Gasteiger partial charge in [0.05, 0.1) is 0 Å². The third-order valence-corrected chi connectivity index (χ3v) is 6.70. The Balaban J connectivity index is 0.00000272. The van der Waals surface area contributed by atoms with Gasteiger partial charge in [0.2, 0.25) is 5.91 Å². The Morgan fingerprint density at radius 3 is 2.68 bits per heavy atom. The van der Waals surface area contributed by atoms with E-state index in [1.54, 1.807) is 0 Å². The Morgan fingerprint density at radius 2 is 1.87 bits per heavy atom. The van der Waals surface area contributed by atoms with Gasteiger partial charge in [0.15, 0.2) is 11.8 Å². The van der Waals surface area contributed by atoms with E-state index in [-0.39, 0.29) is 35.9 Å². The number of fused-ring (bicyclic) bond motifs is 1. The lowest BCUT2D eigenvalue weighted by molar-refractivity contribution is -0.135. The summed E-state index contributed by atoms with van der Waals surface area (Å²) < 4.78 is 2.25. The SMILES string of the molecule is CCNC(=NCc1nnc2n1CCCCC2)NC1CCN(C(=O)C2CCCCC2)C1.I. The molecule has 1 amide bonds. The van der Waals surface area contributed by atoms with Crippen LogP contribution in [0.25, 0.3) is 0 Å². The first-order chi connectivity index (χ1) is 14.7. The molecule has 4 rings (SSSR count). The number of guanidine groups is 1. The van der Waals surface area contributed by atoms with E-state index in [0.29, 0.717) is 12.5 Å². The molecule has 3 heterocycles. The molecule has 1 aliphatic carbocycles. The molecule has 1 saturated heterocycles. The summed E-state index contributed by atoms with van der Waals surface area (Å²) in [6, 6.07) is 0.255. The Morgan fingerprint density at radius 1 is 1.06 bits per heavy atom. The molecule has 174 valence electrons. The number of likely N-dealkylation sites (tertiary alicyclic amines) is 1. The minimum absolute atomic E-state index is 0. The summed E-state index contributed by atoms with van der Waals surface area (Å²) in [4.78, 5) is 19.7. The van der Waals surface area contributed by atoms with Gasteiger partial charge in [-0.25, -0.2) is 4.99 Å². The van der Waals surface area contributed by atoms with Crippen LogP contribution >= 0.6 is 24.0 Å². The van der Waals surface area contributed by atoms with Crippen LogP contribution < -0.4 is 10.6 Å². The highest BCUT2D eigenvalue weighted by Crippen LogP contribution is 2.26. The minimum atomic E-state index is 0. The number of hydrogen-bond acceptors (Lipinski definition) is 4. The van der Waals surface area contributed by atoms with Gasteiger partial charge in [0, 0.05) is 44.6 Å². The fourth-order valence-electron chi connectivity index (χ4n) is 5.01. The molecule has 0 aromatic carbocycles. The lowest BCUT2D eigenvalue weighted by Gasteiger charge is -2.26. The van der Waals surface area contributed by atoms with E-state index in [0.717, 1.165) is 69.5 Å². The maximum absolute atomic E-state index is 12.8. The molecular weight excluding hydrogens is 505 g/mol. The molecule has 8 nitrogen and oxygen atoms in total. The Labute approximate surface area is 203 Å². The first-order valence-corrected chi connectivity index (χ1v) is 12.0. The van der Waals surface area contributed by atoms with Gasteiger partial charge >= 0.3 is 0 Å². The van der Waals surface area contributed by atoms with Crippen LogP contribution in [0.3, 0.4) is 0 Å². The van der Waals surface area contributed by atoms with Crippen LogP contribution in [0.2, 0.25) is 0 Å². The molecule has 1 saturated carbocycles. The summed E-state index contributed by atoms with van der Waals surface area (Å²) >= 11 is 0. The zero-order valence-corrected chi connectivity index (χ0v) is 21.1. The second-order valence-corrected chi connectivity index (χ2v) is 8.94. The zero-order chi connectivity index (χ0) is 20.8. The Kier molecular flexibility index (Phi) is 9.40. The highest BCUT2D eigenvalue weighted by atomic mass is 127. The summed E-state index contributed by atoms with van der Waals surface area (Å²) in [7, 11) is 0. The van der Waals surface area contributed by atoms with Crippen molar-refractivity contribution in [3.63, 3.8) is 0 Å². The number of carbonyl (C=O) groups is 1. The van der Waals surface area contributed by atoms with Crippen LogP contribution in [0.5, 0.6) is 0 Å². The third kappa shape index (κ3) is 6.32. The molecule has 31 heavy (non-hydrogen) atoms. The minimum Gasteiger partial charge on any atom is -0.357 e. The second-order valence-electron chi connectivity index (χ2n) is 8.94. The van der Waals surface area contributed by atoms with Gasteiger partial charge in [-0.3, -0.25) is 4.79 Å². The summed E-state index contributed by atoms with van der Waals surface area (Å²) in [5.41, 5.74) is 0. The molecule has 1 unspecified atom stereocenters. The number of carbonyl (C=O) groups excluding carboxylic acids is 1. The number of halogens is 1. The topological polar surface area (TPSA) is 87.4 Å². The van der Waals surface area contributed by atoms with Crippen molar-refractivity contribution in [2.45, 2.75) is 90.3 Å². The number of nitrogens with one attached hydrogen (secondary N) is 2. The van der Waals surface area contributed by atoms with Crippen LogP contribution in [0.1, 0.15) is 76.4 Å². The average molecular weight is 543 g/mol. The molecule has 0 spiro atoms. The maximum Gasteiger partial charge on any atom is 0.225 e. The zero-order valence-electron chi connectivity index (χ0n) is 18.8. The molecular formula is C22H38IN7O. The number of rotatable bonds is 5. The van der Waals surface area contributed by atoms with Crippen molar-refractivity contribution in [1.29, 1.82) is 0 Å². The van der Waals surface area contributed by atoms with E-state index < -0.39 is 0 Å². The van der Waals surface area contributed by atoms with Crippen LogP contribution in [0.4, 0.5) is 0 Å². The van der Waals surface area contributed by atoms with E-state index >= 15 is 0 Å². The number of nitrogens with zero attached hydrogens (tertiary/aromatic N) is 5. The van der Waals surface area contributed by atoms with E-state index in [1.165, 1.54) is 38.5 Å². The fraction of sp³-hybridized carbons (Fsp3) is 0.818. The van der Waals surface area contributed by atoms with Gasteiger partial charge < -0.3 is 20.1 Å². The number of aryl methyl sites for hydroxylation is 1. The highest BCUT2D eigenvalue weighted by Gasteiger charge is 2.31. The van der Waals surface area contributed by atoms with Gasteiger partial charge in [-0.1, -0.05) is 25.7 Å². The fourth-order valence-corrected chi connectivity index (χ4v) is 5.01. The first-order valence-electron chi connectivity index (χ1n) is 12.0. The van der Waals surface area contributed by atoms with Crippen molar-refractivity contribution in [2.24, 2.45) is 10.9 Å². The van der Waals surface area contributed by atoms with Crippen molar-refractivity contribution in [2.75, 3.05) is 19.6 Å². The molecule has 1 aromatic rings. The van der Waals surface area contributed by atoms with Crippen molar-refractivity contribution in [3.05, 3.63) is 11.6 Å². The number of aliphatic imine (C=N–C) groups is 1. The molecule has 1 atom stereocenters. The second kappa shape index (κ2) is 12.0. The predicted octanol–water partition coefficient (Wildman–Crippen LogP) is 2.86. The summed E-state index contributed by atoms with van der Waals surface area (Å²) in [6.45, 7) is 6.04. The number of hydrogen-bond donors (Lipinski definition) is 2. The van der Waals surface area contributed by atoms with E-state index in [9.17, 15) is 4.79 Å². The van der Waals surface area contributed by atoms with Crippen LogP contribution in [0.15, 0.2) is 4.99 Å². The monoisotopic (exact) mass is 543 g/mol. The van der Waals surface area contributed by atoms with Gasteiger partial charge in [-0.05, 0) is 39.0 Å². The highest BCUT2D eigenvalue weighted by molar-refractivity contribution is 14.0. The Hall–Kier alpha value is -1.39. The molecule has 9 heteroatoms. The van der Waals surface area contributed by atoms with Gasteiger partial charge in [0.1, 0.15) is 12.4 Å². The molecule has 1 aromatic heterocycles. The van der Waals surface area contributed by atoms with Gasteiger partial charge in [0.25, 0.3) is 0 Å². The largest absolute Gasteiger partial charge is 0.357 e. The third-order valence-electron chi connectivity index (χ3n) is 6.70. The molecule has 2 aliphatic heterocycles. The van der Waals surface area contributed by atoms with Crippen molar-refractivity contribution in [3.8, 4) is 0 Å². The number of aromatic nitrogens is 3. The molecule has 3 aliphatic rings. The summed E-state index contributed by atoms with van der Waals surface area (Å²) in [6.07, 6.45) is 11.5. The normalized spacial score (nSPS) is 22.4. The molecule has 2 fully saturated rings. The summed E-state index contributed by atoms with van der Waals surface area (Å²) in [5, 5.41) is 15.7. The van der Waals surface area contributed by atoms with E-state index in [2.05, 4.69) is 37.2 Å². The van der Waals surface area contributed by atoms with Crippen molar-refractivity contribution >= 4 is 35.8 Å². The van der Waals surface area contributed by atoms with E-state index in [4.69, 9.17) is 4.99 Å². The summed E-state index contributed by atoms with van der Waals surface area (Å²) in [5.74, 6) is 3.48. The standard InChI is InChI=1S/C22H37N7O.HI/c1-2-23-22(24-15-20-27-26-19-11-7-4-8-13-29(19)20)25-18-12-14-28(16-18)21(30)17-9-5-3-6-10-17;/h17-18H,2-16H2,1H3,(H2,23,24,25);1H. The van der Waals surface area contributed by atoms with E-state index in [1.807, 2.05) is 0 Å². The first kappa shape index (κ1) is 24.3. The van der Waals surface area contributed by atoms with Crippen LogP contribution in [-0.4, -0.2) is 57.2 Å². The smallest absolute Gasteiger partial charge is 0.225 e. The molecule has 0 bridgehead atoms. The lowest BCUT2D eigenvalue weighted by Crippen LogP contribution is -2.45. The van der Waals surface area contributed by atoms with Crippen molar-refractivity contribution < 1.29 is 4.79 Å².